The van der Waals surface area contributed by atoms with Crippen molar-refractivity contribution in [2.75, 3.05) is 0 Å². The standard InChI is InChI=1S/C11H9IN2O/c1-8-4-11(3-2-9(8)7-15)14-6-10(12)5-13-14/h2-7H,1H3. The summed E-state index contributed by atoms with van der Waals surface area (Å²) in [6.07, 6.45) is 4.60. The molecular formula is C11H9IN2O. The Morgan fingerprint density at radius 2 is 2.27 bits per heavy atom. The van der Waals surface area contributed by atoms with E-state index in [9.17, 15) is 4.79 Å². The van der Waals surface area contributed by atoms with E-state index in [0.29, 0.717) is 0 Å². The van der Waals surface area contributed by atoms with Gasteiger partial charge in [-0.2, -0.15) is 5.10 Å². The third-order valence-electron chi connectivity index (χ3n) is 2.20. The molecule has 0 fully saturated rings. The quantitative estimate of drug-likeness (QED) is 0.631. The first-order valence-corrected chi connectivity index (χ1v) is 5.55. The topological polar surface area (TPSA) is 34.9 Å². The Labute approximate surface area is 101 Å². The fraction of sp³-hybridized carbons (Fsp3) is 0.0909. The summed E-state index contributed by atoms with van der Waals surface area (Å²) in [7, 11) is 0. The zero-order valence-corrected chi connectivity index (χ0v) is 10.3. The van der Waals surface area contributed by atoms with E-state index in [1.165, 1.54) is 0 Å². The van der Waals surface area contributed by atoms with Crippen molar-refractivity contribution >= 4 is 28.9 Å². The second-order valence-electron chi connectivity index (χ2n) is 3.26. The molecule has 1 aromatic carbocycles. The molecule has 0 radical (unpaired) electrons. The Balaban J connectivity index is 2.46. The van der Waals surface area contributed by atoms with Gasteiger partial charge in [-0.25, -0.2) is 4.68 Å². The minimum absolute atomic E-state index is 0.723. The van der Waals surface area contributed by atoms with Crippen LogP contribution in [0.1, 0.15) is 15.9 Å². The molecule has 0 N–H and O–H groups in total. The van der Waals surface area contributed by atoms with Crippen molar-refractivity contribution in [3.8, 4) is 5.69 Å². The summed E-state index contributed by atoms with van der Waals surface area (Å²) in [5.74, 6) is 0. The average molecular weight is 312 g/mol. The van der Waals surface area contributed by atoms with Crippen LogP contribution < -0.4 is 0 Å². The third-order valence-corrected chi connectivity index (χ3v) is 2.75. The van der Waals surface area contributed by atoms with Crippen molar-refractivity contribution in [3.63, 3.8) is 0 Å². The molecule has 0 bridgehead atoms. The molecule has 1 heterocycles. The summed E-state index contributed by atoms with van der Waals surface area (Å²) in [4.78, 5) is 10.7. The second-order valence-corrected chi connectivity index (χ2v) is 4.51. The van der Waals surface area contributed by atoms with Crippen LogP contribution in [0, 0.1) is 10.5 Å². The van der Waals surface area contributed by atoms with Crippen LogP contribution >= 0.6 is 22.6 Å². The fourth-order valence-corrected chi connectivity index (χ4v) is 1.77. The van der Waals surface area contributed by atoms with E-state index in [1.54, 1.807) is 10.9 Å². The SMILES string of the molecule is Cc1cc(-n2cc(I)cn2)ccc1C=O. The van der Waals surface area contributed by atoms with Gasteiger partial charge in [0.15, 0.2) is 0 Å². The Hall–Kier alpha value is -1.17. The van der Waals surface area contributed by atoms with E-state index >= 15 is 0 Å². The van der Waals surface area contributed by atoms with Crippen LogP contribution in [0.3, 0.4) is 0 Å². The molecule has 0 aliphatic heterocycles. The van der Waals surface area contributed by atoms with Crippen LogP contribution in [0.4, 0.5) is 0 Å². The highest BCUT2D eigenvalue weighted by atomic mass is 127. The molecule has 0 saturated heterocycles. The highest BCUT2D eigenvalue weighted by Crippen LogP contribution is 2.14. The fourth-order valence-electron chi connectivity index (χ4n) is 1.38. The highest BCUT2D eigenvalue weighted by molar-refractivity contribution is 14.1. The molecule has 0 aliphatic carbocycles. The molecule has 3 nitrogen and oxygen atoms in total. The Morgan fingerprint density at radius 1 is 1.47 bits per heavy atom. The molecule has 0 amide bonds. The van der Waals surface area contributed by atoms with Gasteiger partial charge in [0.25, 0.3) is 0 Å². The molecule has 4 heteroatoms. The number of aldehydes is 1. The van der Waals surface area contributed by atoms with E-state index in [1.807, 2.05) is 31.3 Å². The van der Waals surface area contributed by atoms with Gasteiger partial charge >= 0.3 is 0 Å². The second kappa shape index (κ2) is 4.14. The lowest BCUT2D eigenvalue weighted by Crippen LogP contribution is -1.96. The minimum atomic E-state index is 0.723. The van der Waals surface area contributed by atoms with Gasteiger partial charge in [0, 0.05) is 11.8 Å². The molecule has 76 valence electrons. The number of halogens is 1. The molecule has 0 aliphatic rings. The molecule has 15 heavy (non-hydrogen) atoms. The van der Waals surface area contributed by atoms with Gasteiger partial charge in [-0.05, 0) is 53.3 Å². The molecule has 2 aromatic rings. The van der Waals surface area contributed by atoms with E-state index in [0.717, 1.165) is 26.7 Å². The predicted molar refractivity (Wildman–Crippen MR) is 66.4 cm³/mol. The largest absolute Gasteiger partial charge is 0.298 e. The number of aryl methyl sites for hydroxylation is 1. The smallest absolute Gasteiger partial charge is 0.150 e. The maximum atomic E-state index is 10.7. The first-order valence-electron chi connectivity index (χ1n) is 4.47. The zero-order chi connectivity index (χ0) is 10.8. The van der Waals surface area contributed by atoms with Gasteiger partial charge in [0.2, 0.25) is 0 Å². The van der Waals surface area contributed by atoms with E-state index in [2.05, 4.69) is 27.7 Å². The first-order chi connectivity index (χ1) is 7.20. The maximum absolute atomic E-state index is 10.7. The van der Waals surface area contributed by atoms with E-state index in [-0.39, 0.29) is 0 Å². The molecular weight excluding hydrogens is 303 g/mol. The summed E-state index contributed by atoms with van der Waals surface area (Å²) in [6.45, 7) is 1.92. The van der Waals surface area contributed by atoms with Gasteiger partial charge < -0.3 is 0 Å². The molecule has 0 spiro atoms. The maximum Gasteiger partial charge on any atom is 0.150 e. The average Bonchev–Trinajstić information content (AvgIpc) is 2.65. The number of carbonyl (C=O) groups excluding carboxylic acids is 1. The number of hydrogen-bond acceptors (Lipinski definition) is 2. The van der Waals surface area contributed by atoms with Crippen molar-refractivity contribution < 1.29 is 4.79 Å². The van der Waals surface area contributed by atoms with Crippen LogP contribution in [0.15, 0.2) is 30.6 Å². The molecule has 2 rings (SSSR count). The number of hydrogen-bond donors (Lipinski definition) is 0. The summed E-state index contributed by atoms with van der Waals surface area (Å²) in [5.41, 5.74) is 2.66. The Morgan fingerprint density at radius 3 is 2.80 bits per heavy atom. The minimum Gasteiger partial charge on any atom is -0.298 e. The molecule has 0 saturated carbocycles. The molecule has 0 atom stereocenters. The predicted octanol–water partition coefficient (Wildman–Crippen LogP) is 2.60. The monoisotopic (exact) mass is 312 g/mol. The van der Waals surface area contributed by atoms with Gasteiger partial charge in [0.1, 0.15) is 6.29 Å². The Bertz CT molecular complexity index is 505. The number of benzene rings is 1. The summed E-state index contributed by atoms with van der Waals surface area (Å²) in [5, 5.41) is 4.20. The van der Waals surface area contributed by atoms with E-state index < -0.39 is 0 Å². The van der Waals surface area contributed by atoms with Gasteiger partial charge in [-0.3, -0.25) is 4.79 Å². The van der Waals surface area contributed by atoms with Gasteiger partial charge in [-0.15, -0.1) is 0 Å². The third kappa shape index (κ3) is 2.09. The Kier molecular flexibility index (Phi) is 2.86. The molecule has 0 unspecified atom stereocenters. The van der Waals surface area contributed by atoms with Crippen LogP contribution in [0.2, 0.25) is 0 Å². The highest BCUT2D eigenvalue weighted by Gasteiger charge is 2.02. The lowest BCUT2D eigenvalue weighted by atomic mass is 10.1. The number of carbonyl (C=O) groups is 1. The molecule has 1 aromatic heterocycles. The zero-order valence-electron chi connectivity index (χ0n) is 8.14. The normalized spacial score (nSPS) is 10.3. The van der Waals surface area contributed by atoms with Crippen molar-refractivity contribution in [1.82, 2.24) is 9.78 Å². The number of aromatic nitrogens is 2. The van der Waals surface area contributed by atoms with Crippen molar-refractivity contribution in [2.24, 2.45) is 0 Å². The summed E-state index contributed by atoms with van der Waals surface area (Å²) < 4.78 is 2.88. The van der Waals surface area contributed by atoms with E-state index in [4.69, 9.17) is 0 Å². The number of rotatable bonds is 2. The van der Waals surface area contributed by atoms with Crippen LogP contribution in [-0.4, -0.2) is 16.1 Å². The lowest BCUT2D eigenvalue weighted by Gasteiger charge is -2.03. The van der Waals surface area contributed by atoms with Gasteiger partial charge in [-0.1, -0.05) is 0 Å². The van der Waals surface area contributed by atoms with Crippen LogP contribution in [0.25, 0.3) is 5.69 Å². The summed E-state index contributed by atoms with van der Waals surface area (Å²) >= 11 is 2.21. The van der Waals surface area contributed by atoms with Crippen molar-refractivity contribution in [1.29, 1.82) is 0 Å². The van der Waals surface area contributed by atoms with Gasteiger partial charge in [0.05, 0.1) is 15.5 Å². The van der Waals surface area contributed by atoms with Crippen molar-refractivity contribution in [3.05, 3.63) is 45.3 Å². The van der Waals surface area contributed by atoms with Crippen LogP contribution in [-0.2, 0) is 0 Å². The van der Waals surface area contributed by atoms with Crippen molar-refractivity contribution in [2.45, 2.75) is 6.92 Å². The summed E-state index contributed by atoms with van der Waals surface area (Å²) in [6, 6.07) is 5.65. The van der Waals surface area contributed by atoms with Crippen LogP contribution in [0.5, 0.6) is 0 Å². The lowest BCUT2D eigenvalue weighted by molar-refractivity contribution is 0.112. The first kappa shape index (κ1) is 10.4. The number of nitrogens with zero attached hydrogens (tertiary/aromatic N) is 2.